The first-order valence-corrected chi connectivity index (χ1v) is 8.36. The van der Waals surface area contributed by atoms with Gasteiger partial charge in [-0.1, -0.05) is 52.9 Å². The molecule has 0 spiro atoms. The van der Waals surface area contributed by atoms with Crippen molar-refractivity contribution in [2.24, 2.45) is 11.3 Å². The van der Waals surface area contributed by atoms with Crippen LogP contribution in [0.5, 0.6) is 0 Å². The van der Waals surface area contributed by atoms with Gasteiger partial charge in [-0.2, -0.15) is 0 Å². The van der Waals surface area contributed by atoms with Gasteiger partial charge in [0.1, 0.15) is 0 Å². The molecule has 2 nitrogen and oxygen atoms in total. The molecule has 2 atom stereocenters. The molecule has 0 radical (unpaired) electrons. The van der Waals surface area contributed by atoms with Crippen molar-refractivity contribution >= 4 is 0 Å². The van der Waals surface area contributed by atoms with Crippen molar-refractivity contribution in [3.05, 3.63) is 0 Å². The van der Waals surface area contributed by atoms with Crippen LogP contribution in [0, 0.1) is 11.3 Å². The second-order valence-electron chi connectivity index (χ2n) is 7.96. The summed E-state index contributed by atoms with van der Waals surface area (Å²) in [6.07, 6.45) is 11.7. The first-order chi connectivity index (χ1) is 8.98. The topological polar surface area (TPSA) is 32.3 Å². The van der Waals surface area contributed by atoms with Gasteiger partial charge in [-0.3, -0.25) is 0 Å². The summed E-state index contributed by atoms with van der Waals surface area (Å²) in [5.74, 6) is 0.598. The molecule has 2 saturated carbocycles. The van der Waals surface area contributed by atoms with Gasteiger partial charge in [0.25, 0.3) is 0 Å². The smallest absolute Gasteiger partial charge is 0.0616 e. The summed E-state index contributed by atoms with van der Waals surface area (Å²) in [7, 11) is 0. The molecule has 2 aliphatic carbocycles. The molecule has 2 N–H and O–H groups in total. The molecule has 112 valence electrons. The van der Waals surface area contributed by atoms with Gasteiger partial charge in [0.2, 0.25) is 0 Å². The molecule has 0 aliphatic heterocycles. The van der Waals surface area contributed by atoms with Crippen LogP contribution in [-0.2, 0) is 0 Å². The highest BCUT2D eigenvalue weighted by Gasteiger charge is 2.46. The molecule has 2 aliphatic rings. The maximum atomic E-state index is 10.1. The van der Waals surface area contributed by atoms with Crippen molar-refractivity contribution in [1.29, 1.82) is 0 Å². The first-order valence-electron chi connectivity index (χ1n) is 8.36. The van der Waals surface area contributed by atoms with E-state index >= 15 is 0 Å². The van der Waals surface area contributed by atoms with Gasteiger partial charge in [-0.25, -0.2) is 0 Å². The molecule has 0 aromatic rings. The Morgan fingerprint density at radius 1 is 1.00 bits per heavy atom. The van der Waals surface area contributed by atoms with Crippen molar-refractivity contribution in [2.75, 3.05) is 6.61 Å². The molecule has 0 heterocycles. The molecule has 2 fully saturated rings. The second-order valence-corrected chi connectivity index (χ2v) is 7.96. The molecule has 2 heteroatoms. The Kier molecular flexibility index (Phi) is 4.94. The number of hydrogen-bond donors (Lipinski definition) is 2. The van der Waals surface area contributed by atoms with Crippen LogP contribution in [0.2, 0.25) is 0 Å². The summed E-state index contributed by atoms with van der Waals surface area (Å²) in [6.45, 7) is 7.34. The molecule has 0 bridgehead atoms. The van der Waals surface area contributed by atoms with Gasteiger partial charge >= 0.3 is 0 Å². The van der Waals surface area contributed by atoms with Gasteiger partial charge < -0.3 is 10.4 Å². The molecule has 0 saturated heterocycles. The third-order valence-electron chi connectivity index (χ3n) is 5.46. The maximum Gasteiger partial charge on any atom is 0.0616 e. The Labute approximate surface area is 119 Å². The van der Waals surface area contributed by atoms with Crippen LogP contribution in [0.15, 0.2) is 0 Å². The lowest BCUT2D eigenvalue weighted by atomic mass is 9.62. The second kappa shape index (κ2) is 6.13. The van der Waals surface area contributed by atoms with Gasteiger partial charge in [0.05, 0.1) is 6.61 Å². The first kappa shape index (κ1) is 15.3. The van der Waals surface area contributed by atoms with E-state index in [-0.39, 0.29) is 11.0 Å². The highest BCUT2D eigenvalue weighted by Crippen LogP contribution is 2.45. The average molecular weight is 267 g/mol. The molecule has 19 heavy (non-hydrogen) atoms. The Morgan fingerprint density at radius 3 is 2.21 bits per heavy atom. The zero-order valence-corrected chi connectivity index (χ0v) is 13.2. The van der Waals surface area contributed by atoms with Crippen molar-refractivity contribution in [1.82, 2.24) is 5.32 Å². The van der Waals surface area contributed by atoms with Crippen molar-refractivity contribution in [2.45, 2.75) is 90.1 Å². The number of aliphatic hydroxyl groups is 1. The Morgan fingerprint density at radius 2 is 1.63 bits per heavy atom. The van der Waals surface area contributed by atoms with Crippen molar-refractivity contribution in [3.63, 3.8) is 0 Å². The van der Waals surface area contributed by atoms with E-state index < -0.39 is 0 Å². The summed E-state index contributed by atoms with van der Waals surface area (Å²) in [4.78, 5) is 0. The van der Waals surface area contributed by atoms with Crippen LogP contribution >= 0.6 is 0 Å². The van der Waals surface area contributed by atoms with Crippen LogP contribution in [0.1, 0.15) is 78.6 Å². The monoisotopic (exact) mass is 267 g/mol. The predicted octanol–water partition coefficient (Wildman–Crippen LogP) is 3.88. The maximum absolute atomic E-state index is 10.1. The highest BCUT2D eigenvalue weighted by molar-refractivity contribution is 5.02. The standard InChI is InChI=1S/C17H33NO/c1-16(2,3)15-11-7-8-12-17(15,13-19)18-14-9-5-4-6-10-14/h14-15,18-19H,4-13H2,1-3H3. The number of aliphatic hydroxyl groups excluding tert-OH is 1. The molecule has 2 rings (SSSR count). The van der Waals surface area contributed by atoms with Gasteiger partial charge in [-0.05, 0) is 37.0 Å². The van der Waals surface area contributed by atoms with Crippen molar-refractivity contribution in [3.8, 4) is 0 Å². The van der Waals surface area contributed by atoms with E-state index in [1.54, 1.807) is 0 Å². The molecule has 0 aromatic carbocycles. The van der Waals surface area contributed by atoms with Gasteiger partial charge in [0.15, 0.2) is 0 Å². The van der Waals surface area contributed by atoms with Crippen LogP contribution in [0.3, 0.4) is 0 Å². The Bertz CT molecular complexity index is 277. The van der Waals surface area contributed by atoms with Crippen LogP contribution in [0.4, 0.5) is 0 Å². The zero-order valence-electron chi connectivity index (χ0n) is 13.2. The minimum absolute atomic E-state index is 0.0154. The summed E-state index contributed by atoms with van der Waals surface area (Å²) in [6, 6.07) is 0.642. The lowest BCUT2D eigenvalue weighted by Crippen LogP contribution is -2.62. The lowest BCUT2D eigenvalue weighted by molar-refractivity contribution is -0.00298. The Hall–Kier alpha value is -0.0800. The summed E-state index contributed by atoms with van der Waals surface area (Å²) in [5, 5.41) is 14.1. The van der Waals surface area contributed by atoms with E-state index in [0.29, 0.717) is 18.6 Å². The fourth-order valence-corrected chi connectivity index (χ4v) is 4.56. The summed E-state index contributed by atoms with van der Waals surface area (Å²) in [5.41, 5.74) is 0.267. The minimum atomic E-state index is -0.0154. The number of rotatable bonds is 3. The molecular weight excluding hydrogens is 234 g/mol. The predicted molar refractivity (Wildman–Crippen MR) is 81.2 cm³/mol. The molecule has 0 amide bonds. The number of hydrogen-bond acceptors (Lipinski definition) is 2. The summed E-state index contributed by atoms with van der Waals surface area (Å²) >= 11 is 0. The Balaban J connectivity index is 2.12. The van der Waals surface area contributed by atoms with E-state index in [4.69, 9.17) is 0 Å². The van der Waals surface area contributed by atoms with Crippen LogP contribution in [0.25, 0.3) is 0 Å². The lowest BCUT2D eigenvalue weighted by Gasteiger charge is -2.51. The zero-order chi connectivity index (χ0) is 13.9. The van der Waals surface area contributed by atoms with Crippen LogP contribution in [-0.4, -0.2) is 23.3 Å². The molecule has 0 aromatic heterocycles. The normalized spacial score (nSPS) is 34.4. The summed E-state index contributed by atoms with van der Waals surface area (Å²) < 4.78 is 0. The average Bonchev–Trinajstić information content (AvgIpc) is 2.39. The van der Waals surface area contributed by atoms with Gasteiger partial charge in [-0.15, -0.1) is 0 Å². The fourth-order valence-electron chi connectivity index (χ4n) is 4.56. The highest BCUT2D eigenvalue weighted by atomic mass is 16.3. The van der Waals surface area contributed by atoms with Crippen molar-refractivity contribution < 1.29 is 5.11 Å². The van der Waals surface area contributed by atoms with Gasteiger partial charge in [0, 0.05) is 11.6 Å². The third kappa shape index (κ3) is 3.52. The largest absolute Gasteiger partial charge is 0.394 e. The van der Waals surface area contributed by atoms with E-state index in [0.717, 1.165) is 6.42 Å². The van der Waals surface area contributed by atoms with E-state index in [1.807, 2.05) is 0 Å². The third-order valence-corrected chi connectivity index (χ3v) is 5.46. The van der Waals surface area contributed by atoms with Crippen LogP contribution < -0.4 is 5.32 Å². The minimum Gasteiger partial charge on any atom is -0.394 e. The SMILES string of the molecule is CC(C)(C)C1CCCCC1(CO)NC1CCCCC1. The quantitative estimate of drug-likeness (QED) is 0.813. The number of nitrogens with one attached hydrogen (secondary N) is 1. The fraction of sp³-hybridized carbons (Fsp3) is 1.00. The molecular formula is C17H33NO. The van der Waals surface area contributed by atoms with E-state index in [2.05, 4.69) is 26.1 Å². The van der Waals surface area contributed by atoms with E-state index in [9.17, 15) is 5.11 Å². The van der Waals surface area contributed by atoms with E-state index in [1.165, 1.54) is 51.4 Å². The molecule has 2 unspecified atom stereocenters.